The molecule has 1 amide bonds. The van der Waals surface area contributed by atoms with Crippen LogP contribution in [-0.4, -0.2) is 19.1 Å². The quantitative estimate of drug-likeness (QED) is 0.870. The van der Waals surface area contributed by atoms with Crippen LogP contribution in [0.25, 0.3) is 0 Å². The van der Waals surface area contributed by atoms with Gasteiger partial charge in [0.05, 0.1) is 0 Å². The zero-order chi connectivity index (χ0) is 15.2. The first-order valence-corrected chi connectivity index (χ1v) is 6.57. The number of amides is 1. The molecule has 0 aromatic heterocycles. The second kappa shape index (κ2) is 7.22. The largest absolute Gasteiger partial charge is 0.435 e. The highest BCUT2D eigenvalue weighted by Crippen LogP contribution is 2.18. The van der Waals surface area contributed by atoms with Crippen LogP contribution in [0.2, 0.25) is 0 Å². The summed E-state index contributed by atoms with van der Waals surface area (Å²) in [5, 5.41) is 2.84. The summed E-state index contributed by atoms with van der Waals surface area (Å²) in [6.07, 6.45) is 1.14. The van der Waals surface area contributed by atoms with Gasteiger partial charge in [0.15, 0.2) is 0 Å². The van der Waals surface area contributed by atoms with Gasteiger partial charge in [0.1, 0.15) is 5.75 Å². The zero-order valence-electron chi connectivity index (χ0n) is 12.1. The van der Waals surface area contributed by atoms with Gasteiger partial charge in [0, 0.05) is 13.0 Å². The van der Waals surface area contributed by atoms with E-state index >= 15 is 0 Å². The molecule has 112 valence electrons. The molecule has 20 heavy (non-hydrogen) atoms. The summed E-state index contributed by atoms with van der Waals surface area (Å²) >= 11 is 0. The Labute approximate surface area is 118 Å². The number of ether oxygens (including phenoxy) is 1. The second-order valence-electron chi connectivity index (χ2n) is 5.86. The van der Waals surface area contributed by atoms with Gasteiger partial charge in [0.25, 0.3) is 0 Å². The molecule has 0 unspecified atom stereocenters. The van der Waals surface area contributed by atoms with Crippen molar-refractivity contribution in [3.8, 4) is 5.75 Å². The van der Waals surface area contributed by atoms with Crippen molar-refractivity contribution < 1.29 is 18.3 Å². The molecule has 5 heteroatoms. The lowest BCUT2D eigenvalue weighted by Crippen LogP contribution is -2.29. The molecule has 1 aromatic rings. The van der Waals surface area contributed by atoms with Crippen molar-refractivity contribution >= 4 is 5.91 Å². The van der Waals surface area contributed by atoms with Crippen molar-refractivity contribution in [1.82, 2.24) is 5.32 Å². The minimum Gasteiger partial charge on any atom is -0.435 e. The van der Waals surface area contributed by atoms with Gasteiger partial charge in [-0.1, -0.05) is 32.9 Å². The molecule has 0 aliphatic heterocycles. The summed E-state index contributed by atoms with van der Waals surface area (Å²) in [7, 11) is 0. The Kier molecular flexibility index (Phi) is 5.92. The topological polar surface area (TPSA) is 38.3 Å². The second-order valence-corrected chi connectivity index (χ2v) is 5.86. The van der Waals surface area contributed by atoms with Crippen LogP contribution in [0.3, 0.4) is 0 Å². The van der Waals surface area contributed by atoms with Gasteiger partial charge in [0.2, 0.25) is 5.91 Å². The molecule has 1 N–H and O–H groups in total. The van der Waals surface area contributed by atoms with E-state index in [2.05, 4.69) is 10.1 Å². The first-order chi connectivity index (χ1) is 9.26. The third-order valence-electron chi connectivity index (χ3n) is 2.58. The van der Waals surface area contributed by atoms with Gasteiger partial charge < -0.3 is 10.1 Å². The molecular weight excluding hydrogens is 264 g/mol. The molecule has 0 heterocycles. The lowest BCUT2D eigenvalue weighted by molar-refractivity contribution is -0.122. The first kappa shape index (κ1) is 16.4. The summed E-state index contributed by atoms with van der Waals surface area (Å²) in [5.41, 5.74) is 0.931. The van der Waals surface area contributed by atoms with E-state index in [9.17, 15) is 13.6 Å². The van der Waals surface area contributed by atoms with Crippen LogP contribution in [0.5, 0.6) is 5.75 Å². The predicted molar refractivity (Wildman–Crippen MR) is 73.9 cm³/mol. The van der Waals surface area contributed by atoms with E-state index in [0.29, 0.717) is 19.4 Å². The Balaban J connectivity index is 2.33. The summed E-state index contributed by atoms with van der Waals surface area (Å²) in [6.45, 7) is 3.75. The minimum absolute atomic E-state index is 0.0233. The molecule has 0 radical (unpaired) electrons. The summed E-state index contributed by atoms with van der Waals surface area (Å²) < 4.78 is 28.2. The number of rotatable bonds is 6. The highest BCUT2D eigenvalue weighted by molar-refractivity contribution is 5.76. The van der Waals surface area contributed by atoms with E-state index in [1.165, 1.54) is 12.1 Å². The lowest BCUT2D eigenvalue weighted by Gasteiger charge is -2.17. The number of nitrogens with one attached hydrogen (secondary N) is 1. The average molecular weight is 285 g/mol. The molecular formula is C15H21F2NO2. The molecule has 1 aromatic carbocycles. The standard InChI is InChI=1S/C15H21F2NO2/c1-15(2,3)10-13(19)18-9-8-11-4-6-12(7-5-11)20-14(16)17/h4-7,14H,8-10H2,1-3H3,(H,18,19). The molecule has 0 aliphatic carbocycles. The molecule has 0 saturated heterocycles. The van der Waals surface area contributed by atoms with E-state index in [1.54, 1.807) is 12.1 Å². The molecule has 3 nitrogen and oxygen atoms in total. The van der Waals surface area contributed by atoms with Crippen molar-refractivity contribution in [2.45, 2.75) is 40.2 Å². The maximum Gasteiger partial charge on any atom is 0.387 e. The third kappa shape index (κ3) is 7.07. The number of carbonyl (C=O) groups excluding carboxylic acids is 1. The van der Waals surface area contributed by atoms with Gasteiger partial charge in [-0.15, -0.1) is 0 Å². The fraction of sp³-hybridized carbons (Fsp3) is 0.533. The average Bonchev–Trinajstić information content (AvgIpc) is 2.28. The summed E-state index contributed by atoms with van der Waals surface area (Å²) in [5.74, 6) is 0.163. The van der Waals surface area contributed by atoms with Crippen LogP contribution < -0.4 is 10.1 Å². The van der Waals surface area contributed by atoms with Crippen LogP contribution in [-0.2, 0) is 11.2 Å². The normalized spacial score (nSPS) is 11.5. The summed E-state index contributed by atoms with van der Waals surface area (Å²) in [6, 6.07) is 6.43. The highest BCUT2D eigenvalue weighted by atomic mass is 19.3. The molecule has 0 atom stereocenters. The fourth-order valence-electron chi connectivity index (χ4n) is 1.73. The first-order valence-electron chi connectivity index (χ1n) is 6.57. The van der Waals surface area contributed by atoms with Crippen LogP contribution in [0.15, 0.2) is 24.3 Å². The van der Waals surface area contributed by atoms with Crippen molar-refractivity contribution in [2.24, 2.45) is 5.41 Å². The number of hydrogen-bond acceptors (Lipinski definition) is 2. The van der Waals surface area contributed by atoms with Crippen molar-refractivity contribution in [3.63, 3.8) is 0 Å². The van der Waals surface area contributed by atoms with Crippen LogP contribution in [0, 0.1) is 5.41 Å². The van der Waals surface area contributed by atoms with Gasteiger partial charge in [-0.25, -0.2) is 0 Å². The van der Waals surface area contributed by atoms with E-state index in [0.717, 1.165) is 5.56 Å². The molecule has 1 rings (SSSR count). The van der Waals surface area contributed by atoms with Crippen molar-refractivity contribution in [3.05, 3.63) is 29.8 Å². The Hall–Kier alpha value is -1.65. The number of benzene rings is 1. The monoisotopic (exact) mass is 285 g/mol. The molecule has 0 fully saturated rings. The van der Waals surface area contributed by atoms with E-state index < -0.39 is 6.61 Å². The van der Waals surface area contributed by atoms with E-state index in [-0.39, 0.29) is 17.1 Å². The minimum atomic E-state index is -2.81. The molecule has 0 saturated carbocycles. The summed E-state index contributed by atoms with van der Waals surface area (Å²) in [4.78, 5) is 11.6. The lowest BCUT2D eigenvalue weighted by atomic mass is 9.92. The SMILES string of the molecule is CC(C)(C)CC(=O)NCCc1ccc(OC(F)F)cc1. The van der Waals surface area contributed by atoms with Crippen LogP contribution in [0.4, 0.5) is 8.78 Å². The number of carbonyl (C=O) groups is 1. The van der Waals surface area contributed by atoms with E-state index in [4.69, 9.17) is 0 Å². The van der Waals surface area contributed by atoms with Crippen molar-refractivity contribution in [1.29, 1.82) is 0 Å². The third-order valence-corrected chi connectivity index (χ3v) is 2.58. The zero-order valence-corrected chi connectivity index (χ0v) is 12.1. The van der Waals surface area contributed by atoms with Gasteiger partial charge in [-0.3, -0.25) is 4.79 Å². The van der Waals surface area contributed by atoms with E-state index in [1.807, 2.05) is 20.8 Å². The molecule has 0 bridgehead atoms. The van der Waals surface area contributed by atoms with Gasteiger partial charge in [-0.2, -0.15) is 8.78 Å². The molecule has 0 spiro atoms. The Bertz CT molecular complexity index is 424. The van der Waals surface area contributed by atoms with Gasteiger partial charge >= 0.3 is 6.61 Å². The maximum atomic E-state index is 12.0. The maximum absolute atomic E-state index is 12.0. The van der Waals surface area contributed by atoms with Crippen LogP contribution in [0.1, 0.15) is 32.8 Å². The highest BCUT2D eigenvalue weighted by Gasteiger charge is 2.15. The Morgan fingerprint density at radius 3 is 2.35 bits per heavy atom. The number of alkyl halides is 2. The Morgan fingerprint density at radius 2 is 1.85 bits per heavy atom. The van der Waals surface area contributed by atoms with Crippen LogP contribution >= 0.6 is 0 Å². The predicted octanol–water partition coefficient (Wildman–Crippen LogP) is 3.38. The molecule has 0 aliphatic rings. The fourth-order valence-corrected chi connectivity index (χ4v) is 1.73. The Morgan fingerprint density at radius 1 is 1.25 bits per heavy atom. The smallest absolute Gasteiger partial charge is 0.387 e. The number of hydrogen-bond donors (Lipinski definition) is 1. The number of halogens is 2. The van der Waals surface area contributed by atoms with Crippen molar-refractivity contribution in [2.75, 3.05) is 6.54 Å². The van der Waals surface area contributed by atoms with Gasteiger partial charge in [-0.05, 0) is 29.5 Å².